The summed E-state index contributed by atoms with van der Waals surface area (Å²) in [7, 11) is 0. The third-order valence-corrected chi connectivity index (χ3v) is 3.29. The molecule has 0 aliphatic carbocycles. The predicted octanol–water partition coefficient (Wildman–Crippen LogP) is -1.76. The summed E-state index contributed by atoms with van der Waals surface area (Å²) in [6, 6.07) is 0. The molecule has 0 spiro atoms. The number of anilines is 1. The Morgan fingerprint density at radius 1 is 1.47 bits per heavy atom. The Balaban J connectivity index is 1.89. The molecule has 0 amide bonds. The molecule has 1 radical (unpaired) electrons. The average Bonchev–Trinajstić information content (AvgIpc) is 2.93. The maximum atomic E-state index is 9.91. The molecule has 0 saturated carbocycles. The molecule has 2 aliphatic heterocycles. The van der Waals surface area contributed by atoms with Crippen molar-refractivity contribution < 1.29 is 24.6 Å². The van der Waals surface area contributed by atoms with E-state index >= 15 is 0 Å². The minimum atomic E-state index is -0.822. The number of hydrogen-bond donors (Lipinski definition) is 5. The van der Waals surface area contributed by atoms with E-state index in [2.05, 4.69) is 15.3 Å². The van der Waals surface area contributed by atoms with Gasteiger partial charge in [0.05, 0.1) is 25.7 Å². The molecular weight excluding hydrogens is 252 g/mol. The second-order valence-electron chi connectivity index (χ2n) is 4.53. The Morgan fingerprint density at radius 3 is 3.05 bits per heavy atom. The zero-order valence-corrected chi connectivity index (χ0v) is 10.1. The number of aliphatic hydroxyl groups excluding tert-OH is 3. The summed E-state index contributed by atoms with van der Waals surface area (Å²) in [5, 5.41) is 31.7. The highest BCUT2D eigenvalue weighted by Crippen LogP contribution is 2.27. The van der Waals surface area contributed by atoms with Gasteiger partial charge in [-0.25, -0.2) is 4.57 Å². The summed E-state index contributed by atoms with van der Waals surface area (Å²) in [6.07, 6.45) is 2.05. The molecule has 1 aromatic rings. The fourth-order valence-electron chi connectivity index (χ4n) is 2.28. The fraction of sp³-hybridized carbons (Fsp3) is 0.545. The van der Waals surface area contributed by atoms with Crippen molar-refractivity contribution in [3.05, 3.63) is 18.4 Å². The van der Waals surface area contributed by atoms with E-state index in [1.54, 1.807) is 17.3 Å². The standard InChI is InChI=1S/C11H15N4O4/c16-3-8-6(17)1-9(19-8)15-5-14-10-7(18)2-12-4-13-11(10)15/h1,4-9,16-18H,2-3H2,(H,12,13)/p+1/t6?,7-,8-,9-/m1/s1. The number of aliphatic hydroxyl groups is 3. The van der Waals surface area contributed by atoms with Crippen molar-refractivity contribution in [2.45, 2.75) is 24.5 Å². The third kappa shape index (κ3) is 2.12. The Kier molecular flexibility index (Phi) is 3.23. The molecule has 0 bridgehead atoms. The lowest BCUT2D eigenvalue weighted by atomic mass is 10.2. The van der Waals surface area contributed by atoms with Crippen LogP contribution in [0.5, 0.6) is 0 Å². The van der Waals surface area contributed by atoms with Gasteiger partial charge in [0.25, 0.3) is 5.82 Å². The van der Waals surface area contributed by atoms with Crippen LogP contribution in [0.1, 0.15) is 18.0 Å². The van der Waals surface area contributed by atoms with Crippen LogP contribution < -0.4 is 9.88 Å². The number of aliphatic imine (C=N–C) groups is 1. The van der Waals surface area contributed by atoms with Crippen molar-refractivity contribution in [2.75, 3.05) is 18.5 Å². The Hall–Kier alpha value is -1.48. The van der Waals surface area contributed by atoms with Crippen LogP contribution in [0.2, 0.25) is 0 Å². The second-order valence-corrected chi connectivity index (χ2v) is 4.53. The number of aromatic amines is 1. The second kappa shape index (κ2) is 4.89. The van der Waals surface area contributed by atoms with Crippen LogP contribution in [0, 0.1) is 6.42 Å². The number of rotatable bonds is 2. The number of imidazole rings is 1. The molecule has 8 nitrogen and oxygen atoms in total. The molecule has 4 atom stereocenters. The van der Waals surface area contributed by atoms with Gasteiger partial charge in [-0.3, -0.25) is 15.3 Å². The zero-order valence-electron chi connectivity index (χ0n) is 10.1. The minimum absolute atomic E-state index is 0.251. The van der Waals surface area contributed by atoms with Gasteiger partial charge in [-0.2, -0.15) is 0 Å². The van der Waals surface area contributed by atoms with Crippen LogP contribution in [-0.2, 0) is 4.74 Å². The van der Waals surface area contributed by atoms with E-state index in [9.17, 15) is 10.2 Å². The number of hydrogen-bond acceptors (Lipinski definition) is 6. The van der Waals surface area contributed by atoms with Crippen molar-refractivity contribution in [2.24, 2.45) is 4.99 Å². The van der Waals surface area contributed by atoms with Crippen LogP contribution in [0.4, 0.5) is 5.82 Å². The van der Waals surface area contributed by atoms with Gasteiger partial charge in [0.15, 0.2) is 18.2 Å². The zero-order chi connectivity index (χ0) is 13.4. The van der Waals surface area contributed by atoms with Gasteiger partial charge < -0.3 is 20.1 Å². The maximum absolute atomic E-state index is 9.91. The monoisotopic (exact) mass is 268 g/mol. The van der Waals surface area contributed by atoms with Crippen LogP contribution in [0.25, 0.3) is 0 Å². The largest absolute Gasteiger partial charge is 0.394 e. The first kappa shape index (κ1) is 12.5. The van der Waals surface area contributed by atoms with Crippen LogP contribution >= 0.6 is 0 Å². The normalized spacial score (nSPS) is 33.8. The maximum Gasteiger partial charge on any atom is 0.267 e. The number of fused-ring (bicyclic) bond motifs is 1. The van der Waals surface area contributed by atoms with Gasteiger partial charge >= 0.3 is 0 Å². The molecule has 1 saturated heterocycles. The van der Waals surface area contributed by atoms with Gasteiger partial charge in [0, 0.05) is 0 Å². The van der Waals surface area contributed by atoms with Gasteiger partial charge in [-0.15, -0.1) is 0 Å². The van der Waals surface area contributed by atoms with E-state index in [1.807, 2.05) is 0 Å². The number of nitrogens with one attached hydrogen (secondary N) is 2. The number of aromatic nitrogens is 2. The number of ether oxygens (including phenoxy) is 1. The predicted molar refractivity (Wildman–Crippen MR) is 64.2 cm³/mol. The molecule has 5 N–H and O–H groups in total. The average molecular weight is 268 g/mol. The highest BCUT2D eigenvalue weighted by molar-refractivity contribution is 5.74. The van der Waals surface area contributed by atoms with E-state index in [1.165, 1.54) is 6.34 Å². The molecular formula is C11H16N4O4+. The van der Waals surface area contributed by atoms with Crippen molar-refractivity contribution >= 4 is 12.2 Å². The summed E-state index contributed by atoms with van der Waals surface area (Å²) in [4.78, 5) is 6.96. The number of H-pyrrole nitrogens is 1. The summed E-state index contributed by atoms with van der Waals surface area (Å²) < 4.78 is 7.23. The van der Waals surface area contributed by atoms with Crippen molar-refractivity contribution in [1.29, 1.82) is 0 Å². The highest BCUT2D eigenvalue weighted by atomic mass is 16.5. The molecule has 0 aromatic carbocycles. The lowest BCUT2D eigenvalue weighted by molar-refractivity contribution is -0.738. The Labute approximate surface area is 109 Å². The quantitative estimate of drug-likeness (QED) is 0.408. The minimum Gasteiger partial charge on any atom is -0.394 e. The van der Waals surface area contributed by atoms with Gasteiger partial charge in [-0.1, -0.05) is 0 Å². The molecule has 2 aliphatic rings. The molecule has 1 fully saturated rings. The molecule has 1 aromatic heterocycles. The van der Waals surface area contributed by atoms with Gasteiger partial charge in [-0.05, 0) is 0 Å². The van der Waals surface area contributed by atoms with Crippen LogP contribution in [0.15, 0.2) is 11.3 Å². The smallest absolute Gasteiger partial charge is 0.267 e. The summed E-state index contributed by atoms with van der Waals surface area (Å²) in [5.74, 6) is 0.626. The first-order valence-electron chi connectivity index (χ1n) is 6.05. The van der Waals surface area contributed by atoms with Crippen LogP contribution in [0.3, 0.4) is 0 Å². The molecule has 3 rings (SSSR count). The SMILES string of the molecule is OC[C@H]1O[C@@H]([n+]2c[nH]c3c2NC=NC[C@H]3O)[CH]C1O. The Morgan fingerprint density at radius 2 is 2.32 bits per heavy atom. The highest BCUT2D eigenvalue weighted by Gasteiger charge is 2.39. The van der Waals surface area contributed by atoms with E-state index in [4.69, 9.17) is 9.84 Å². The van der Waals surface area contributed by atoms with E-state index in [0.29, 0.717) is 11.5 Å². The molecule has 8 heteroatoms. The Bertz CT molecular complexity index is 489. The third-order valence-electron chi connectivity index (χ3n) is 3.29. The topological polar surface area (TPSA) is 114 Å². The molecule has 3 heterocycles. The summed E-state index contributed by atoms with van der Waals surface area (Å²) >= 11 is 0. The van der Waals surface area contributed by atoms with E-state index in [-0.39, 0.29) is 13.2 Å². The molecule has 1 unspecified atom stereocenters. The molecule has 19 heavy (non-hydrogen) atoms. The van der Waals surface area contributed by atoms with Crippen LogP contribution in [-0.4, -0.2) is 52.0 Å². The molecule has 103 valence electrons. The summed E-state index contributed by atoms with van der Waals surface area (Å²) in [5.41, 5.74) is 0.608. The van der Waals surface area contributed by atoms with Crippen molar-refractivity contribution in [3.63, 3.8) is 0 Å². The number of nitrogens with zero attached hydrogens (tertiary/aromatic N) is 2. The first-order valence-corrected chi connectivity index (χ1v) is 6.05. The van der Waals surface area contributed by atoms with Gasteiger partial charge in [0.1, 0.15) is 18.5 Å². The lowest BCUT2D eigenvalue weighted by Gasteiger charge is -2.11. The van der Waals surface area contributed by atoms with Gasteiger partial charge in [0.2, 0.25) is 0 Å². The fourth-order valence-corrected chi connectivity index (χ4v) is 2.28. The van der Waals surface area contributed by atoms with Crippen molar-refractivity contribution in [1.82, 2.24) is 4.98 Å². The van der Waals surface area contributed by atoms with E-state index < -0.39 is 24.5 Å². The van der Waals surface area contributed by atoms with Crippen molar-refractivity contribution in [3.8, 4) is 0 Å². The van der Waals surface area contributed by atoms with E-state index in [0.717, 1.165) is 0 Å². The first-order chi connectivity index (χ1) is 9.20. The summed E-state index contributed by atoms with van der Waals surface area (Å²) in [6.45, 7) is 0.0243. The lowest BCUT2D eigenvalue weighted by Crippen LogP contribution is -2.40.